The van der Waals surface area contributed by atoms with E-state index in [-0.39, 0.29) is 6.71 Å². The molecule has 2 aromatic heterocycles. The first-order valence-corrected chi connectivity index (χ1v) is 28.7. The summed E-state index contributed by atoms with van der Waals surface area (Å²) >= 11 is 0. The van der Waals surface area contributed by atoms with Gasteiger partial charge in [0, 0.05) is 66.5 Å². The van der Waals surface area contributed by atoms with Crippen molar-refractivity contribution >= 4 is 101 Å². The van der Waals surface area contributed by atoms with Gasteiger partial charge < -0.3 is 18.9 Å². The predicted octanol–water partition coefficient (Wildman–Crippen LogP) is 18.6. The number of rotatable bonds is 8. The lowest BCUT2D eigenvalue weighted by molar-refractivity contribution is 1.18. The molecule has 0 aliphatic carbocycles. The summed E-state index contributed by atoms with van der Waals surface area (Å²) in [5.74, 6) is 0. The predicted molar refractivity (Wildman–Crippen MR) is 351 cm³/mol. The third kappa shape index (κ3) is 7.21. The molecule has 83 heavy (non-hydrogen) atoms. The SMILES string of the molecule is c1ccc(-c2ccccc2N2c3cc(-c4ccccc4-n4c5ccccc5c5ccccc54)ccc3B3c4ccc(-c5ccccc5-n5c6ccccc6c6ccccc65)cc4N(c4ccccc4-c4ccccc4)c4cccc2c43)cc1. The molecule has 4 nitrogen and oxygen atoms in total. The third-order valence-corrected chi connectivity index (χ3v) is 17.5. The van der Waals surface area contributed by atoms with Gasteiger partial charge in [-0.2, -0.15) is 0 Å². The summed E-state index contributed by atoms with van der Waals surface area (Å²) in [6.07, 6.45) is 0. The van der Waals surface area contributed by atoms with Crippen molar-refractivity contribution in [2.24, 2.45) is 0 Å². The second kappa shape index (κ2) is 18.9. The van der Waals surface area contributed by atoms with Gasteiger partial charge in [-0.25, -0.2) is 0 Å². The van der Waals surface area contributed by atoms with Crippen molar-refractivity contribution in [1.29, 1.82) is 0 Å². The average molecular weight is 1060 g/mol. The second-order valence-electron chi connectivity index (χ2n) is 21.9. The van der Waals surface area contributed by atoms with Gasteiger partial charge in [0.2, 0.25) is 0 Å². The maximum atomic E-state index is 2.57. The number of aromatic nitrogens is 2. The maximum Gasteiger partial charge on any atom is 0.252 e. The van der Waals surface area contributed by atoms with Crippen LogP contribution in [0.4, 0.5) is 34.1 Å². The standard InChI is InChI=1S/C78H51BN4/c1-3-24-52(25-4-1)56-28-7-15-36-66(56)82-74-44-23-45-75-78(74)79(64-48-46-54(50-76(64)82)58-30-9-17-38-68(58)80-70-40-19-11-32-60(70)61-33-12-20-41-71(61)80)65-49-47-55(51-77(65)83(75)67-37-16-8-29-57(67)53-26-5-2-6-27-53)59-31-10-18-39-69(59)81-72-42-21-13-34-62(72)63-35-14-22-43-73(63)81/h1-51H. The van der Waals surface area contributed by atoms with Gasteiger partial charge in [0.05, 0.1) is 44.8 Å². The highest BCUT2D eigenvalue weighted by Gasteiger charge is 2.44. The zero-order chi connectivity index (χ0) is 54.5. The lowest BCUT2D eigenvalue weighted by Gasteiger charge is -2.45. The largest absolute Gasteiger partial charge is 0.311 e. The van der Waals surface area contributed by atoms with Crippen LogP contribution in [0, 0.1) is 0 Å². The Morgan fingerprint density at radius 2 is 0.506 bits per heavy atom. The summed E-state index contributed by atoms with van der Waals surface area (Å²) in [7, 11) is 0. The number of hydrogen-bond donors (Lipinski definition) is 0. The first-order valence-electron chi connectivity index (χ1n) is 28.7. The molecule has 0 bridgehead atoms. The van der Waals surface area contributed by atoms with E-state index in [0.29, 0.717) is 0 Å². The van der Waals surface area contributed by atoms with Crippen molar-refractivity contribution in [1.82, 2.24) is 9.13 Å². The lowest BCUT2D eigenvalue weighted by atomic mass is 9.33. The number of benzene rings is 13. The minimum absolute atomic E-state index is 0.116. The zero-order valence-corrected chi connectivity index (χ0v) is 45.3. The molecule has 0 amide bonds. The van der Waals surface area contributed by atoms with Crippen LogP contribution < -0.4 is 26.2 Å². The molecule has 17 rings (SSSR count). The van der Waals surface area contributed by atoms with E-state index in [0.717, 1.165) is 67.8 Å². The topological polar surface area (TPSA) is 16.3 Å². The highest BCUT2D eigenvalue weighted by Crippen LogP contribution is 2.50. The summed E-state index contributed by atoms with van der Waals surface area (Å²) in [6.45, 7) is -0.116. The molecule has 2 aliphatic rings. The molecule has 0 saturated heterocycles. The first-order chi connectivity index (χ1) is 41.2. The van der Waals surface area contributed by atoms with Gasteiger partial charge in [0.1, 0.15) is 0 Å². The molecule has 15 aromatic rings. The third-order valence-electron chi connectivity index (χ3n) is 17.5. The van der Waals surface area contributed by atoms with Crippen LogP contribution in [0.15, 0.2) is 309 Å². The molecule has 0 unspecified atom stereocenters. The Balaban J connectivity index is 0.934. The number of fused-ring (bicyclic) bond motifs is 10. The Morgan fingerprint density at radius 3 is 0.892 bits per heavy atom. The second-order valence-corrected chi connectivity index (χ2v) is 21.9. The van der Waals surface area contributed by atoms with Crippen LogP contribution in [-0.2, 0) is 0 Å². The average Bonchev–Trinajstić information content (AvgIpc) is 1.83. The molecule has 0 fully saturated rings. The summed E-state index contributed by atoms with van der Waals surface area (Å²) in [5.41, 5.74) is 27.0. The number of anilines is 6. The van der Waals surface area contributed by atoms with Gasteiger partial charge in [-0.15, -0.1) is 0 Å². The molecule has 4 heterocycles. The normalized spacial score (nSPS) is 12.5. The van der Waals surface area contributed by atoms with Crippen molar-refractivity contribution in [2.45, 2.75) is 0 Å². The van der Waals surface area contributed by atoms with E-state index >= 15 is 0 Å². The zero-order valence-electron chi connectivity index (χ0n) is 45.3. The number of nitrogens with zero attached hydrogens (tertiary/aromatic N) is 4. The minimum atomic E-state index is -0.116. The molecule has 5 heteroatoms. The van der Waals surface area contributed by atoms with E-state index in [1.807, 2.05) is 0 Å². The fourth-order valence-corrected chi connectivity index (χ4v) is 14.0. The summed E-state index contributed by atoms with van der Waals surface area (Å²) in [5, 5.41) is 4.98. The minimum Gasteiger partial charge on any atom is -0.311 e. The van der Waals surface area contributed by atoms with Crippen LogP contribution >= 0.6 is 0 Å². The van der Waals surface area contributed by atoms with Crippen molar-refractivity contribution in [3.63, 3.8) is 0 Å². The maximum absolute atomic E-state index is 2.57. The van der Waals surface area contributed by atoms with Crippen LogP contribution in [0.3, 0.4) is 0 Å². The van der Waals surface area contributed by atoms with E-state index in [2.05, 4.69) is 328 Å². The van der Waals surface area contributed by atoms with E-state index in [1.165, 1.54) is 82.3 Å². The first kappa shape index (κ1) is 47.0. The van der Waals surface area contributed by atoms with Gasteiger partial charge in [-0.05, 0) is 111 Å². The monoisotopic (exact) mass is 1050 g/mol. The van der Waals surface area contributed by atoms with Crippen LogP contribution in [0.1, 0.15) is 0 Å². The van der Waals surface area contributed by atoms with Crippen LogP contribution in [0.2, 0.25) is 0 Å². The number of hydrogen-bond acceptors (Lipinski definition) is 2. The van der Waals surface area contributed by atoms with Crippen molar-refractivity contribution in [3.05, 3.63) is 309 Å². The van der Waals surface area contributed by atoms with Crippen molar-refractivity contribution in [3.8, 4) is 55.9 Å². The fraction of sp³-hybridized carbons (Fsp3) is 0. The molecule has 0 radical (unpaired) electrons. The van der Waals surface area contributed by atoms with Gasteiger partial charge in [-0.1, -0.05) is 237 Å². The summed E-state index contributed by atoms with van der Waals surface area (Å²) in [6, 6.07) is 114. The van der Waals surface area contributed by atoms with E-state index < -0.39 is 0 Å². The summed E-state index contributed by atoms with van der Waals surface area (Å²) < 4.78 is 4.92. The highest BCUT2D eigenvalue weighted by molar-refractivity contribution is 7.00. The van der Waals surface area contributed by atoms with Gasteiger partial charge in [0.25, 0.3) is 6.71 Å². The molecule has 13 aromatic carbocycles. The Bertz CT molecular complexity index is 4650. The molecule has 386 valence electrons. The molecular weight excluding hydrogens is 1000 g/mol. The van der Waals surface area contributed by atoms with Crippen molar-refractivity contribution < 1.29 is 0 Å². The fourth-order valence-electron chi connectivity index (χ4n) is 14.0. The van der Waals surface area contributed by atoms with Crippen LogP contribution in [0.25, 0.3) is 99.5 Å². The molecule has 0 N–H and O–H groups in total. The van der Waals surface area contributed by atoms with E-state index in [9.17, 15) is 0 Å². The summed E-state index contributed by atoms with van der Waals surface area (Å²) in [4.78, 5) is 5.14. The van der Waals surface area contributed by atoms with Gasteiger partial charge in [0.15, 0.2) is 0 Å². The van der Waals surface area contributed by atoms with Crippen LogP contribution in [0.5, 0.6) is 0 Å². The highest BCUT2D eigenvalue weighted by atomic mass is 15.2. The molecule has 0 saturated carbocycles. The van der Waals surface area contributed by atoms with Gasteiger partial charge in [-0.3, -0.25) is 0 Å². The smallest absolute Gasteiger partial charge is 0.252 e. The van der Waals surface area contributed by atoms with Crippen molar-refractivity contribution in [2.75, 3.05) is 9.80 Å². The Labute approximate surface area is 482 Å². The van der Waals surface area contributed by atoms with E-state index in [4.69, 9.17) is 0 Å². The Hall–Kier alpha value is -10.9. The van der Waals surface area contributed by atoms with Gasteiger partial charge >= 0.3 is 0 Å². The molecular formula is C78H51BN4. The lowest BCUT2D eigenvalue weighted by Crippen LogP contribution is -2.61. The van der Waals surface area contributed by atoms with Crippen LogP contribution in [-0.4, -0.2) is 15.8 Å². The quantitative estimate of drug-likeness (QED) is 0.141. The van der Waals surface area contributed by atoms with E-state index in [1.54, 1.807) is 0 Å². The Morgan fingerprint density at radius 1 is 0.205 bits per heavy atom. The molecule has 2 aliphatic heterocycles. The molecule has 0 spiro atoms. The molecule has 0 atom stereocenters. The number of para-hydroxylation sites is 8. The Kier molecular flexibility index (Phi) is 10.7.